The molecule has 1 N–H and O–H groups in total. The predicted molar refractivity (Wildman–Crippen MR) is 133 cm³/mol. The third-order valence-electron chi connectivity index (χ3n) is 6.39. The second kappa shape index (κ2) is 10.3. The molecule has 0 spiro atoms. The fourth-order valence-corrected chi connectivity index (χ4v) is 4.53. The smallest absolute Gasteiger partial charge is 0.324 e. The van der Waals surface area contributed by atoms with Crippen LogP contribution in [-0.2, 0) is 4.79 Å². The van der Waals surface area contributed by atoms with Crippen molar-refractivity contribution in [3.05, 3.63) is 96.1 Å². The third kappa shape index (κ3) is 4.92. The van der Waals surface area contributed by atoms with Crippen LogP contribution in [0.2, 0.25) is 0 Å². The van der Waals surface area contributed by atoms with Crippen LogP contribution in [0.3, 0.4) is 0 Å². The Morgan fingerprint density at radius 1 is 0.879 bits per heavy atom. The first kappa shape index (κ1) is 22.6. The molecule has 170 valence electrons. The molecule has 0 unspecified atom stereocenters. The summed E-state index contributed by atoms with van der Waals surface area (Å²) < 4.78 is 0. The Bertz CT molecular complexity index is 1080. The molecule has 0 aliphatic carbocycles. The number of hydrogen-bond acceptors (Lipinski definition) is 2. The van der Waals surface area contributed by atoms with Crippen LogP contribution in [0, 0.1) is 0 Å². The zero-order valence-corrected chi connectivity index (χ0v) is 19.3. The summed E-state index contributed by atoms with van der Waals surface area (Å²) in [7, 11) is 0. The van der Waals surface area contributed by atoms with Crippen LogP contribution in [-0.4, -0.2) is 29.9 Å². The summed E-state index contributed by atoms with van der Waals surface area (Å²) in [6.45, 7) is 5.42. The number of para-hydroxylation sites is 2. The van der Waals surface area contributed by atoms with Gasteiger partial charge in [-0.25, -0.2) is 4.79 Å². The van der Waals surface area contributed by atoms with Crippen LogP contribution in [0.1, 0.15) is 49.8 Å². The number of carbonyl (C=O) groups excluding carboxylic acids is 2. The van der Waals surface area contributed by atoms with E-state index in [0.29, 0.717) is 25.2 Å². The highest BCUT2D eigenvalue weighted by Crippen LogP contribution is 2.33. The Kier molecular flexibility index (Phi) is 7.08. The van der Waals surface area contributed by atoms with E-state index < -0.39 is 0 Å². The first-order chi connectivity index (χ1) is 16.1. The average molecular weight is 442 g/mol. The maximum atomic E-state index is 13.5. The first-order valence-corrected chi connectivity index (χ1v) is 11.7. The number of carbonyl (C=O) groups is 2. The molecule has 0 bridgehead atoms. The van der Waals surface area contributed by atoms with Gasteiger partial charge in [0.1, 0.15) is 0 Å². The van der Waals surface area contributed by atoms with Crippen molar-refractivity contribution >= 4 is 23.3 Å². The molecule has 1 aliphatic rings. The summed E-state index contributed by atoms with van der Waals surface area (Å²) in [6.07, 6.45) is 1.57. The van der Waals surface area contributed by atoms with Crippen molar-refractivity contribution in [1.29, 1.82) is 0 Å². The van der Waals surface area contributed by atoms with Crippen molar-refractivity contribution in [2.45, 2.75) is 38.6 Å². The zero-order valence-electron chi connectivity index (χ0n) is 19.3. The summed E-state index contributed by atoms with van der Waals surface area (Å²) >= 11 is 0. The van der Waals surface area contributed by atoms with Gasteiger partial charge in [0.2, 0.25) is 5.91 Å². The number of hydrogen-bond donors (Lipinski definition) is 1. The molecule has 0 aromatic heterocycles. The van der Waals surface area contributed by atoms with Gasteiger partial charge in [-0.1, -0.05) is 79.7 Å². The summed E-state index contributed by atoms with van der Waals surface area (Å²) in [5, 5.41) is 3.10. The van der Waals surface area contributed by atoms with E-state index in [1.54, 1.807) is 4.90 Å². The molecule has 33 heavy (non-hydrogen) atoms. The lowest BCUT2D eigenvalue weighted by Crippen LogP contribution is -2.50. The first-order valence-electron chi connectivity index (χ1n) is 11.7. The third-order valence-corrected chi connectivity index (χ3v) is 6.39. The second-order valence-electron chi connectivity index (χ2n) is 8.45. The van der Waals surface area contributed by atoms with Crippen LogP contribution >= 0.6 is 0 Å². The van der Waals surface area contributed by atoms with E-state index in [0.717, 1.165) is 23.2 Å². The lowest BCUT2D eigenvalue weighted by molar-refractivity contribution is -0.117. The van der Waals surface area contributed by atoms with Crippen LogP contribution < -0.4 is 10.2 Å². The largest absolute Gasteiger partial charge is 0.325 e. The maximum absolute atomic E-state index is 13.5. The topological polar surface area (TPSA) is 52.7 Å². The van der Waals surface area contributed by atoms with E-state index in [2.05, 4.69) is 24.4 Å². The van der Waals surface area contributed by atoms with Gasteiger partial charge in [0.15, 0.2) is 0 Å². The van der Waals surface area contributed by atoms with Gasteiger partial charge in [-0.3, -0.25) is 9.69 Å². The van der Waals surface area contributed by atoms with E-state index in [9.17, 15) is 9.59 Å². The Morgan fingerprint density at radius 3 is 2.15 bits per heavy atom. The van der Waals surface area contributed by atoms with Gasteiger partial charge < -0.3 is 10.2 Å². The molecular weight excluding hydrogens is 410 g/mol. The van der Waals surface area contributed by atoms with Gasteiger partial charge in [0.05, 0.1) is 23.3 Å². The number of nitrogens with zero attached hydrogens (tertiary/aromatic N) is 2. The summed E-state index contributed by atoms with van der Waals surface area (Å²) in [6, 6.07) is 27.4. The van der Waals surface area contributed by atoms with Gasteiger partial charge in [-0.2, -0.15) is 0 Å². The lowest BCUT2D eigenvalue weighted by atomic mass is 9.95. The van der Waals surface area contributed by atoms with Crippen LogP contribution in [0.4, 0.5) is 16.2 Å². The summed E-state index contributed by atoms with van der Waals surface area (Å²) in [4.78, 5) is 30.4. The number of anilines is 2. The number of benzene rings is 3. The molecule has 3 aromatic rings. The van der Waals surface area contributed by atoms with E-state index in [4.69, 9.17) is 0 Å². The summed E-state index contributed by atoms with van der Waals surface area (Å²) in [5.74, 6) is -0.305. The standard InChI is InChI=1S/C28H31N3O2/c1-3-24(23-15-8-5-9-16-23)27(32)29-25-17-10-11-18-26(25)31-20-12-19-30(28(31)33)21(2)22-13-6-4-7-14-22/h4-11,13-18,21,24H,3,12,19-20H2,1-2H3,(H,29,32)/t21-,24+/m0/s1. The molecule has 1 fully saturated rings. The Morgan fingerprint density at radius 2 is 1.48 bits per heavy atom. The summed E-state index contributed by atoms with van der Waals surface area (Å²) in [5.41, 5.74) is 3.51. The van der Waals surface area contributed by atoms with E-state index in [1.165, 1.54) is 0 Å². The molecule has 5 heteroatoms. The fraction of sp³-hybridized carbons (Fsp3) is 0.286. The molecule has 2 atom stereocenters. The second-order valence-corrected chi connectivity index (χ2v) is 8.45. The quantitative estimate of drug-likeness (QED) is 0.474. The van der Waals surface area contributed by atoms with Gasteiger partial charge in [0, 0.05) is 13.1 Å². The van der Waals surface area contributed by atoms with E-state index in [-0.39, 0.29) is 23.9 Å². The molecule has 0 radical (unpaired) electrons. The normalized spacial score (nSPS) is 15.8. The Labute approximate surface area is 196 Å². The highest BCUT2D eigenvalue weighted by Gasteiger charge is 2.32. The molecule has 4 rings (SSSR count). The van der Waals surface area contributed by atoms with E-state index >= 15 is 0 Å². The SMILES string of the molecule is CC[C@@H](C(=O)Nc1ccccc1N1CCCN([C@@H](C)c2ccccc2)C1=O)c1ccccc1. The Hall–Kier alpha value is -3.60. The minimum absolute atomic E-state index is 0.0224. The van der Waals surface area contributed by atoms with Crippen molar-refractivity contribution in [2.75, 3.05) is 23.3 Å². The number of rotatable bonds is 7. The molecule has 1 saturated heterocycles. The van der Waals surface area contributed by atoms with Gasteiger partial charge in [-0.05, 0) is 43.0 Å². The number of urea groups is 1. The van der Waals surface area contributed by atoms with Crippen molar-refractivity contribution < 1.29 is 9.59 Å². The van der Waals surface area contributed by atoms with Gasteiger partial charge in [-0.15, -0.1) is 0 Å². The molecule has 5 nitrogen and oxygen atoms in total. The predicted octanol–water partition coefficient (Wildman–Crippen LogP) is 6.21. The molecule has 1 aliphatic heterocycles. The lowest BCUT2D eigenvalue weighted by Gasteiger charge is -2.39. The average Bonchev–Trinajstić information content (AvgIpc) is 2.86. The molecule has 1 heterocycles. The zero-order chi connectivity index (χ0) is 23.2. The van der Waals surface area contributed by atoms with Crippen LogP contribution in [0.15, 0.2) is 84.9 Å². The minimum Gasteiger partial charge on any atom is -0.324 e. The van der Waals surface area contributed by atoms with E-state index in [1.807, 2.05) is 84.6 Å². The maximum Gasteiger partial charge on any atom is 0.325 e. The number of amides is 3. The number of nitrogens with one attached hydrogen (secondary N) is 1. The van der Waals surface area contributed by atoms with Gasteiger partial charge >= 0.3 is 6.03 Å². The molecule has 3 amide bonds. The fourth-order valence-electron chi connectivity index (χ4n) is 4.53. The van der Waals surface area contributed by atoms with Crippen molar-refractivity contribution in [2.24, 2.45) is 0 Å². The Balaban J connectivity index is 1.56. The molecular formula is C28H31N3O2. The van der Waals surface area contributed by atoms with Crippen molar-refractivity contribution in [3.8, 4) is 0 Å². The van der Waals surface area contributed by atoms with Gasteiger partial charge in [0.25, 0.3) is 0 Å². The highest BCUT2D eigenvalue weighted by molar-refractivity contribution is 6.02. The van der Waals surface area contributed by atoms with Crippen molar-refractivity contribution in [3.63, 3.8) is 0 Å². The van der Waals surface area contributed by atoms with Crippen molar-refractivity contribution in [1.82, 2.24) is 4.90 Å². The van der Waals surface area contributed by atoms with Crippen LogP contribution in [0.5, 0.6) is 0 Å². The molecule has 3 aromatic carbocycles. The molecule has 0 saturated carbocycles. The highest BCUT2D eigenvalue weighted by atomic mass is 16.2. The van der Waals surface area contributed by atoms with Crippen LogP contribution in [0.25, 0.3) is 0 Å². The minimum atomic E-state index is -0.245. The monoisotopic (exact) mass is 441 g/mol.